The Morgan fingerprint density at radius 1 is 1.33 bits per heavy atom. The molecule has 15 heteroatoms. The minimum Gasteiger partial charge on any atom is -0.465 e. The van der Waals surface area contributed by atoms with Gasteiger partial charge in [-0.15, -0.1) is 5.10 Å². The topological polar surface area (TPSA) is 171 Å². The molecule has 0 saturated carbocycles. The lowest BCUT2D eigenvalue weighted by atomic mass is 10.0. The number of ether oxygens (including phenoxy) is 4. The highest BCUT2D eigenvalue weighted by molar-refractivity contribution is 8.18. The molecular formula is C24H31FN6O7S. The van der Waals surface area contributed by atoms with Gasteiger partial charge in [0.1, 0.15) is 30.3 Å². The number of carbonyl (C=O) groups excluding carboxylic acids is 2. The number of thiol groups is 1. The molecule has 1 N–H and O–H groups in total. The molecule has 1 aromatic carbocycles. The number of carbonyl (C=O) groups is 2. The van der Waals surface area contributed by atoms with Crippen LogP contribution in [0.4, 0.5) is 4.39 Å². The van der Waals surface area contributed by atoms with Gasteiger partial charge >= 0.3 is 11.9 Å². The third-order valence-corrected chi connectivity index (χ3v) is 10.3. The summed E-state index contributed by atoms with van der Waals surface area (Å²) in [6.07, 6.45) is -0.836. The molecule has 0 aliphatic carbocycles. The van der Waals surface area contributed by atoms with Crippen LogP contribution in [0.1, 0.15) is 19.9 Å². The summed E-state index contributed by atoms with van der Waals surface area (Å²) in [5.41, 5.74) is 9.86. The summed E-state index contributed by atoms with van der Waals surface area (Å²) in [6.45, 7) is 2.72. The summed E-state index contributed by atoms with van der Waals surface area (Å²) in [6, 6.07) is 4.45. The van der Waals surface area contributed by atoms with Gasteiger partial charge in [0.2, 0.25) is 0 Å². The van der Waals surface area contributed by atoms with E-state index in [2.05, 4.69) is 20.3 Å². The zero-order valence-corrected chi connectivity index (χ0v) is 22.6. The number of aliphatic hydroxyl groups excluding tert-OH is 1. The Labute approximate surface area is 226 Å². The maximum absolute atomic E-state index is 13.8. The molecule has 2 aromatic rings. The van der Waals surface area contributed by atoms with Gasteiger partial charge in [-0.05, 0) is 17.7 Å². The van der Waals surface area contributed by atoms with Gasteiger partial charge in [-0.3, -0.25) is 9.59 Å². The highest BCUT2D eigenvalue weighted by Crippen LogP contribution is 2.51. The van der Waals surface area contributed by atoms with Gasteiger partial charge in [0.15, 0.2) is 0 Å². The van der Waals surface area contributed by atoms with Crippen molar-refractivity contribution in [2.45, 2.75) is 54.7 Å². The summed E-state index contributed by atoms with van der Waals surface area (Å²) in [5.74, 6) is -1.10. The van der Waals surface area contributed by atoms with Crippen LogP contribution in [0.2, 0.25) is 0 Å². The summed E-state index contributed by atoms with van der Waals surface area (Å²) in [4.78, 5) is 27.0. The fourth-order valence-electron chi connectivity index (χ4n) is 5.15. The van der Waals surface area contributed by atoms with E-state index < -0.39 is 69.5 Å². The molecule has 39 heavy (non-hydrogen) atoms. The molecule has 13 nitrogen and oxygen atoms in total. The number of aliphatic hydroxyl groups is 1. The lowest BCUT2D eigenvalue weighted by Gasteiger charge is -2.51. The molecule has 0 radical (unpaired) electrons. The van der Waals surface area contributed by atoms with Crippen molar-refractivity contribution in [3.05, 3.63) is 46.7 Å². The molecular weight excluding hydrogens is 535 g/mol. The number of methoxy groups -OCH3 is 1. The third-order valence-electron chi connectivity index (χ3n) is 6.90. The van der Waals surface area contributed by atoms with Gasteiger partial charge in [0, 0.05) is 42.4 Å². The number of esters is 2. The zero-order chi connectivity index (χ0) is 28.1. The summed E-state index contributed by atoms with van der Waals surface area (Å²) >= 11 is 0. The first-order chi connectivity index (χ1) is 18.7. The zero-order valence-electron chi connectivity index (χ0n) is 21.7. The van der Waals surface area contributed by atoms with Crippen LogP contribution in [-0.2, 0) is 28.5 Å². The van der Waals surface area contributed by atoms with Gasteiger partial charge in [-0.25, -0.2) is 20.0 Å². The molecule has 2 saturated heterocycles. The van der Waals surface area contributed by atoms with Gasteiger partial charge in [0.05, 0.1) is 42.9 Å². The highest BCUT2D eigenvalue weighted by atomic mass is 32.2. The van der Waals surface area contributed by atoms with Crippen molar-refractivity contribution in [1.29, 1.82) is 0 Å². The maximum Gasteiger partial charge on any atom is 0.303 e. The summed E-state index contributed by atoms with van der Waals surface area (Å²) < 4.78 is 38.2. The second kappa shape index (κ2) is 12.7. The third kappa shape index (κ3) is 6.50. The minimum absolute atomic E-state index is 0.0744. The number of halogens is 1. The van der Waals surface area contributed by atoms with E-state index in [1.165, 1.54) is 37.8 Å². The second-order valence-corrected chi connectivity index (χ2v) is 12.1. The van der Waals surface area contributed by atoms with Gasteiger partial charge in [-0.1, -0.05) is 22.5 Å². The molecule has 3 heterocycles. The molecule has 0 bridgehead atoms. The van der Waals surface area contributed by atoms with Crippen LogP contribution < -0.4 is 0 Å². The molecule has 212 valence electrons. The van der Waals surface area contributed by atoms with Crippen LogP contribution in [0, 0.1) is 5.82 Å². The number of benzene rings is 1. The number of rotatable bonds is 8. The van der Waals surface area contributed by atoms with Crippen molar-refractivity contribution >= 4 is 22.8 Å². The molecule has 8 atom stereocenters. The Balaban J connectivity index is 1.74. The monoisotopic (exact) mass is 566 g/mol. The van der Waals surface area contributed by atoms with Crippen molar-refractivity contribution in [2.75, 3.05) is 32.7 Å². The van der Waals surface area contributed by atoms with E-state index in [4.69, 9.17) is 24.5 Å². The second-order valence-electron chi connectivity index (χ2n) is 9.37. The predicted octanol–water partition coefficient (Wildman–Crippen LogP) is 1.96. The molecule has 2 aliphatic rings. The fraction of sp³-hybridized carbons (Fsp3) is 0.583. The standard InChI is InChI=1S/C24H31FN6O7S/c1-13(32)37-11-21-24(38-14(2)33)22(31-8-17(28-30-31)15-5-4-6-16(25)7-15)19(35-3)12-39(21)20-10-36-9-18(23(20)34)27-29-26/h4-8,18-24,34,39H,9-12H2,1-3H3/t18-,19-,20+,21+,22-,23+,24-/m0/s1. The van der Waals surface area contributed by atoms with E-state index >= 15 is 0 Å². The molecule has 2 aliphatic heterocycles. The largest absolute Gasteiger partial charge is 0.465 e. The maximum atomic E-state index is 13.8. The molecule has 0 amide bonds. The van der Waals surface area contributed by atoms with E-state index in [0.717, 1.165) is 0 Å². The predicted molar refractivity (Wildman–Crippen MR) is 139 cm³/mol. The van der Waals surface area contributed by atoms with E-state index in [1.807, 2.05) is 0 Å². The van der Waals surface area contributed by atoms with Crippen molar-refractivity contribution in [1.82, 2.24) is 15.0 Å². The number of hydrogen-bond acceptors (Lipinski definition) is 10. The fourth-order valence-corrected chi connectivity index (χ4v) is 8.74. The van der Waals surface area contributed by atoms with E-state index in [1.54, 1.807) is 18.3 Å². The minimum atomic E-state index is -1.28. The van der Waals surface area contributed by atoms with Crippen LogP contribution in [0.3, 0.4) is 0 Å². The smallest absolute Gasteiger partial charge is 0.303 e. The highest BCUT2D eigenvalue weighted by Gasteiger charge is 2.52. The van der Waals surface area contributed by atoms with Crippen LogP contribution in [-0.4, -0.2) is 99.6 Å². The van der Waals surface area contributed by atoms with Crippen molar-refractivity contribution in [3.63, 3.8) is 0 Å². The molecule has 1 unspecified atom stereocenters. The normalized spacial score (nSPS) is 31.6. The lowest BCUT2D eigenvalue weighted by molar-refractivity contribution is -0.154. The van der Waals surface area contributed by atoms with Crippen molar-refractivity contribution in [3.8, 4) is 11.3 Å². The Kier molecular flexibility index (Phi) is 9.40. The molecule has 4 rings (SSSR count). The first kappa shape index (κ1) is 28.8. The van der Waals surface area contributed by atoms with Crippen LogP contribution in [0.15, 0.2) is 35.6 Å². The van der Waals surface area contributed by atoms with Crippen molar-refractivity contribution in [2.24, 2.45) is 5.11 Å². The SMILES string of the molecule is CO[C@H]1C[SH]([C@@H]2COC[C@H](N=[N+]=[N-])[C@H]2O)[C@H](COC(C)=O)[C@H](OC(C)=O)[C@H]1n1cc(-c2cccc(F)c2)nn1. The molecule has 2 fully saturated rings. The summed E-state index contributed by atoms with van der Waals surface area (Å²) in [5, 5.41) is 22.3. The average Bonchev–Trinajstić information content (AvgIpc) is 3.38. The number of hydrogen-bond donors (Lipinski definition) is 2. The Bertz CT molecular complexity index is 1230. The Morgan fingerprint density at radius 3 is 2.79 bits per heavy atom. The number of azide groups is 1. The van der Waals surface area contributed by atoms with Crippen molar-refractivity contribution < 1.29 is 38.0 Å². The Hall–Kier alpha value is -3.23. The molecule has 1 aromatic heterocycles. The quantitative estimate of drug-likeness (QED) is 0.159. The first-order valence-electron chi connectivity index (χ1n) is 12.3. The van der Waals surface area contributed by atoms with Gasteiger partial charge < -0.3 is 24.1 Å². The van der Waals surface area contributed by atoms with Gasteiger partial charge in [-0.2, -0.15) is 0 Å². The Morgan fingerprint density at radius 2 is 2.13 bits per heavy atom. The van der Waals surface area contributed by atoms with Crippen LogP contribution in [0.25, 0.3) is 21.7 Å². The van der Waals surface area contributed by atoms with Gasteiger partial charge in [0.25, 0.3) is 0 Å². The average molecular weight is 567 g/mol. The lowest BCUT2D eigenvalue weighted by Crippen LogP contribution is -2.57. The summed E-state index contributed by atoms with van der Waals surface area (Å²) in [7, 11) is 0.234. The van der Waals surface area contributed by atoms with E-state index in [9.17, 15) is 19.1 Å². The van der Waals surface area contributed by atoms with Crippen LogP contribution >= 0.6 is 10.9 Å². The number of nitrogens with zero attached hydrogens (tertiary/aromatic N) is 6. The van der Waals surface area contributed by atoms with E-state index in [0.29, 0.717) is 17.0 Å². The van der Waals surface area contributed by atoms with Crippen LogP contribution in [0.5, 0.6) is 0 Å². The first-order valence-corrected chi connectivity index (χ1v) is 14.0. The van der Waals surface area contributed by atoms with E-state index in [-0.39, 0.29) is 19.8 Å². The number of aromatic nitrogens is 3. The molecule has 0 spiro atoms.